The largest absolute Gasteiger partial charge is 0.325 e. The Kier molecular flexibility index (Phi) is 6.07. The van der Waals surface area contributed by atoms with E-state index in [0.717, 1.165) is 44.0 Å². The zero-order valence-electron chi connectivity index (χ0n) is 16.1. The van der Waals surface area contributed by atoms with Gasteiger partial charge in [0.2, 0.25) is 5.91 Å². The van der Waals surface area contributed by atoms with Crippen LogP contribution in [0, 0.1) is 20.8 Å². The molecule has 0 atom stereocenters. The quantitative estimate of drug-likeness (QED) is 0.897. The standard InChI is InChI=1S/C22H29N3O/c1-17-4-7-20(8-5-17)15-24-10-12-25(13-11-24)16-22(26)23-21-9-6-18(2)14-19(21)3/h4-9,14H,10-13,15-16H2,1-3H3,(H,23,26). The van der Waals surface area contributed by atoms with Crippen molar-refractivity contribution in [2.24, 2.45) is 0 Å². The van der Waals surface area contributed by atoms with E-state index >= 15 is 0 Å². The number of nitrogens with one attached hydrogen (secondary N) is 1. The van der Waals surface area contributed by atoms with E-state index in [9.17, 15) is 4.79 Å². The molecule has 1 N–H and O–H groups in total. The smallest absolute Gasteiger partial charge is 0.238 e. The number of anilines is 1. The highest BCUT2D eigenvalue weighted by molar-refractivity contribution is 5.93. The maximum atomic E-state index is 12.4. The summed E-state index contributed by atoms with van der Waals surface area (Å²) in [7, 11) is 0. The van der Waals surface area contributed by atoms with Crippen LogP contribution in [0.3, 0.4) is 0 Å². The molecule has 138 valence electrons. The molecule has 2 aromatic carbocycles. The molecule has 4 nitrogen and oxygen atoms in total. The van der Waals surface area contributed by atoms with E-state index in [0.29, 0.717) is 6.54 Å². The lowest BCUT2D eigenvalue weighted by atomic mass is 10.1. The van der Waals surface area contributed by atoms with Crippen molar-refractivity contribution in [2.75, 3.05) is 38.0 Å². The number of benzene rings is 2. The Labute approximate surface area is 156 Å². The van der Waals surface area contributed by atoms with Crippen LogP contribution in [0.1, 0.15) is 22.3 Å². The van der Waals surface area contributed by atoms with E-state index in [1.807, 2.05) is 19.1 Å². The summed E-state index contributed by atoms with van der Waals surface area (Å²) < 4.78 is 0. The zero-order valence-corrected chi connectivity index (χ0v) is 16.1. The molecule has 0 unspecified atom stereocenters. The van der Waals surface area contributed by atoms with Gasteiger partial charge in [0.15, 0.2) is 0 Å². The number of amides is 1. The molecular weight excluding hydrogens is 322 g/mol. The van der Waals surface area contributed by atoms with Crippen molar-refractivity contribution in [3.05, 3.63) is 64.7 Å². The predicted octanol–water partition coefficient (Wildman–Crippen LogP) is 3.37. The average Bonchev–Trinajstić information content (AvgIpc) is 2.61. The number of rotatable bonds is 5. The zero-order chi connectivity index (χ0) is 18.5. The average molecular weight is 351 g/mol. The van der Waals surface area contributed by atoms with Crippen LogP contribution in [0.15, 0.2) is 42.5 Å². The lowest BCUT2D eigenvalue weighted by molar-refractivity contribution is -0.117. The third kappa shape index (κ3) is 5.16. The third-order valence-corrected chi connectivity index (χ3v) is 5.01. The molecule has 26 heavy (non-hydrogen) atoms. The minimum atomic E-state index is 0.0731. The van der Waals surface area contributed by atoms with Gasteiger partial charge in [-0.1, -0.05) is 47.5 Å². The monoisotopic (exact) mass is 351 g/mol. The second-order valence-corrected chi connectivity index (χ2v) is 7.40. The van der Waals surface area contributed by atoms with Gasteiger partial charge in [-0.15, -0.1) is 0 Å². The molecule has 2 aromatic rings. The number of nitrogens with zero attached hydrogens (tertiary/aromatic N) is 2. The van der Waals surface area contributed by atoms with Crippen LogP contribution in [0.2, 0.25) is 0 Å². The fourth-order valence-electron chi connectivity index (χ4n) is 3.40. The first-order valence-electron chi connectivity index (χ1n) is 9.37. The Morgan fingerprint density at radius 3 is 2.15 bits per heavy atom. The molecule has 3 rings (SSSR count). The minimum absolute atomic E-state index is 0.0731. The fraction of sp³-hybridized carbons (Fsp3) is 0.409. The molecule has 1 heterocycles. The van der Waals surface area contributed by atoms with E-state index in [4.69, 9.17) is 0 Å². The van der Waals surface area contributed by atoms with Crippen molar-refractivity contribution >= 4 is 11.6 Å². The number of hydrogen-bond donors (Lipinski definition) is 1. The predicted molar refractivity (Wildman–Crippen MR) is 107 cm³/mol. The van der Waals surface area contributed by atoms with E-state index in [1.54, 1.807) is 0 Å². The minimum Gasteiger partial charge on any atom is -0.325 e. The van der Waals surface area contributed by atoms with Crippen LogP contribution in [0.4, 0.5) is 5.69 Å². The Bertz CT molecular complexity index is 746. The molecule has 4 heteroatoms. The van der Waals surface area contributed by atoms with Crippen molar-refractivity contribution in [3.63, 3.8) is 0 Å². The molecular formula is C22H29N3O. The summed E-state index contributed by atoms with van der Waals surface area (Å²) in [6.45, 7) is 11.6. The first-order valence-corrected chi connectivity index (χ1v) is 9.37. The van der Waals surface area contributed by atoms with Crippen molar-refractivity contribution in [1.29, 1.82) is 0 Å². The summed E-state index contributed by atoms with van der Waals surface area (Å²) in [6, 6.07) is 14.9. The molecule has 1 saturated heterocycles. The molecule has 0 bridgehead atoms. The van der Waals surface area contributed by atoms with Crippen molar-refractivity contribution < 1.29 is 4.79 Å². The Balaban J connectivity index is 1.44. The topological polar surface area (TPSA) is 35.6 Å². The van der Waals surface area contributed by atoms with Gasteiger partial charge >= 0.3 is 0 Å². The Morgan fingerprint density at radius 1 is 0.885 bits per heavy atom. The highest BCUT2D eigenvalue weighted by Crippen LogP contribution is 2.16. The van der Waals surface area contributed by atoms with Crippen molar-refractivity contribution in [1.82, 2.24) is 9.80 Å². The normalized spacial score (nSPS) is 15.8. The summed E-state index contributed by atoms with van der Waals surface area (Å²) in [5.74, 6) is 0.0731. The summed E-state index contributed by atoms with van der Waals surface area (Å²) in [6.07, 6.45) is 0. The number of hydrogen-bond acceptors (Lipinski definition) is 3. The Hall–Kier alpha value is -2.17. The van der Waals surface area contributed by atoms with Gasteiger partial charge in [0.25, 0.3) is 0 Å². The van der Waals surface area contributed by atoms with Gasteiger partial charge < -0.3 is 5.32 Å². The van der Waals surface area contributed by atoms with Crippen molar-refractivity contribution in [2.45, 2.75) is 27.3 Å². The second kappa shape index (κ2) is 8.47. The molecule has 1 aliphatic rings. The summed E-state index contributed by atoms with van der Waals surface area (Å²) in [4.78, 5) is 17.1. The van der Waals surface area contributed by atoms with Gasteiger partial charge in [-0.3, -0.25) is 14.6 Å². The number of piperazine rings is 1. The van der Waals surface area contributed by atoms with E-state index in [2.05, 4.69) is 59.3 Å². The third-order valence-electron chi connectivity index (χ3n) is 5.01. The van der Waals surface area contributed by atoms with Gasteiger partial charge in [0.05, 0.1) is 6.54 Å². The van der Waals surface area contributed by atoms with Gasteiger partial charge in [-0.25, -0.2) is 0 Å². The first kappa shape index (κ1) is 18.6. The molecule has 1 fully saturated rings. The SMILES string of the molecule is Cc1ccc(CN2CCN(CC(=O)Nc3ccc(C)cc3C)CC2)cc1. The number of carbonyl (C=O) groups is 1. The van der Waals surface area contributed by atoms with Crippen LogP contribution in [0.5, 0.6) is 0 Å². The molecule has 0 aliphatic carbocycles. The van der Waals surface area contributed by atoms with Gasteiger partial charge in [0, 0.05) is 38.4 Å². The van der Waals surface area contributed by atoms with Crippen LogP contribution < -0.4 is 5.32 Å². The van der Waals surface area contributed by atoms with E-state index in [1.165, 1.54) is 16.7 Å². The molecule has 0 radical (unpaired) electrons. The summed E-state index contributed by atoms with van der Waals surface area (Å²) in [5.41, 5.74) is 5.90. The molecule has 1 amide bonds. The fourth-order valence-corrected chi connectivity index (χ4v) is 3.40. The van der Waals surface area contributed by atoms with Crippen LogP contribution >= 0.6 is 0 Å². The van der Waals surface area contributed by atoms with E-state index in [-0.39, 0.29) is 5.91 Å². The molecule has 0 aromatic heterocycles. The van der Waals surface area contributed by atoms with Gasteiger partial charge in [0.1, 0.15) is 0 Å². The van der Waals surface area contributed by atoms with Gasteiger partial charge in [-0.2, -0.15) is 0 Å². The molecule has 1 aliphatic heterocycles. The maximum absolute atomic E-state index is 12.4. The molecule has 0 spiro atoms. The first-order chi connectivity index (χ1) is 12.5. The number of aryl methyl sites for hydroxylation is 3. The van der Waals surface area contributed by atoms with Crippen molar-refractivity contribution in [3.8, 4) is 0 Å². The van der Waals surface area contributed by atoms with Gasteiger partial charge in [-0.05, 0) is 38.0 Å². The van der Waals surface area contributed by atoms with Crippen LogP contribution in [0.25, 0.3) is 0 Å². The van der Waals surface area contributed by atoms with Crippen LogP contribution in [-0.2, 0) is 11.3 Å². The van der Waals surface area contributed by atoms with Crippen LogP contribution in [-0.4, -0.2) is 48.4 Å². The second-order valence-electron chi connectivity index (χ2n) is 7.40. The van der Waals surface area contributed by atoms with E-state index < -0.39 is 0 Å². The summed E-state index contributed by atoms with van der Waals surface area (Å²) >= 11 is 0. The highest BCUT2D eigenvalue weighted by atomic mass is 16.2. The lowest BCUT2D eigenvalue weighted by Gasteiger charge is -2.34. The highest BCUT2D eigenvalue weighted by Gasteiger charge is 2.19. The maximum Gasteiger partial charge on any atom is 0.238 e. The molecule has 0 saturated carbocycles. The lowest BCUT2D eigenvalue weighted by Crippen LogP contribution is -2.48. The number of carbonyl (C=O) groups excluding carboxylic acids is 1. The summed E-state index contributed by atoms with van der Waals surface area (Å²) in [5, 5.41) is 3.05. The Morgan fingerprint density at radius 2 is 1.50 bits per heavy atom.